The van der Waals surface area contributed by atoms with E-state index in [1.165, 1.54) is 22.2 Å². The Bertz CT molecular complexity index is 789. The minimum atomic E-state index is 1.01. The number of likely N-dealkylation sites (N-methyl/N-ethyl adjacent to an activating group) is 1. The van der Waals surface area contributed by atoms with E-state index in [0.29, 0.717) is 0 Å². The van der Waals surface area contributed by atoms with E-state index in [9.17, 15) is 0 Å². The normalized spacial score (nSPS) is 15.1. The quantitative estimate of drug-likeness (QED) is 0.738. The zero-order chi connectivity index (χ0) is 14.9. The first kappa shape index (κ1) is 13.5. The van der Waals surface area contributed by atoms with Crippen LogP contribution in [0, 0.1) is 0 Å². The summed E-state index contributed by atoms with van der Waals surface area (Å²) in [6.07, 6.45) is 4.09. The number of nitrogens with zero attached hydrogens (tertiary/aromatic N) is 3. The summed E-state index contributed by atoms with van der Waals surface area (Å²) < 4.78 is 2.45. The molecule has 0 spiro atoms. The average molecular weight is 291 g/mol. The molecule has 1 aliphatic heterocycles. The number of aromatic nitrogens is 2. The summed E-state index contributed by atoms with van der Waals surface area (Å²) in [5.74, 6) is 0. The van der Waals surface area contributed by atoms with Crippen LogP contribution in [0.25, 0.3) is 11.0 Å². The van der Waals surface area contributed by atoms with Crippen molar-refractivity contribution in [1.29, 1.82) is 0 Å². The summed E-state index contributed by atoms with van der Waals surface area (Å²) in [4.78, 5) is 7.07. The molecule has 22 heavy (non-hydrogen) atoms. The van der Waals surface area contributed by atoms with Crippen LogP contribution < -0.4 is 0 Å². The Morgan fingerprint density at radius 1 is 1.09 bits per heavy atom. The highest BCUT2D eigenvalue weighted by Crippen LogP contribution is 2.29. The molecule has 3 heterocycles. The van der Waals surface area contributed by atoms with Crippen molar-refractivity contribution in [1.82, 2.24) is 14.5 Å². The predicted octanol–water partition coefficient (Wildman–Crippen LogP) is 3.27. The molecule has 1 aromatic carbocycles. The van der Waals surface area contributed by atoms with E-state index in [4.69, 9.17) is 0 Å². The van der Waals surface area contributed by atoms with E-state index in [1.54, 1.807) is 0 Å². The Morgan fingerprint density at radius 2 is 1.95 bits per heavy atom. The lowest BCUT2D eigenvalue weighted by atomic mass is 10.1. The van der Waals surface area contributed by atoms with Gasteiger partial charge in [0.05, 0.1) is 0 Å². The second-order valence-electron chi connectivity index (χ2n) is 6.17. The molecule has 4 rings (SSSR count). The van der Waals surface area contributed by atoms with Crippen molar-refractivity contribution in [3.8, 4) is 0 Å². The topological polar surface area (TPSA) is 21.1 Å². The van der Waals surface area contributed by atoms with E-state index >= 15 is 0 Å². The number of pyridine rings is 1. The molecule has 0 aliphatic carbocycles. The van der Waals surface area contributed by atoms with Crippen LogP contribution in [-0.2, 0) is 25.9 Å². The fraction of sp³-hybridized carbons (Fsp3) is 0.316. The van der Waals surface area contributed by atoms with Gasteiger partial charge in [-0.2, -0.15) is 0 Å². The molecule has 0 saturated carbocycles. The SMILES string of the molecule is CN1CCc2c(c3cccnc3n2CCc2ccccc2)C1. The number of rotatable bonds is 3. The number of fused-ring (bicyclic) bond motifs is 3. The molecule has 0 N–H and O–H groups in total. The van der Waals surface area contributed by atoms with E-state index in [1.807, 2.05) is 6.20 Å². The minimum Gasteiger partial charge on any atom is -0.329 e. The van der Waals surface area contributed by atoms with Gasteiger partial charge in [-0.05, 0) is 36.7 Å². The Balaban J connectivity index is 1.74. The van der Waals surface area contributed by atoms with Crippen LogP contribution in [0.2, 0.25) is 0 Å². The van der Waals surface area contributed by atoms with E-state index in [0.717, 1.165) is 38.1 Å². The Hall–Kier alpha value is -2.13. The second-order valence-corrected chi connectivity index (χ2v) is 6.17. The number of benzene rings is 1. The van der Waals surface area contributed by atoms with Crippen LogP contribution in [-0.4, -0.2) is 28.0 Å². The lowest BCUT2D eigenvalue weighted by Crippen LogP contribution is -2.27. The summed E-state index contributed by atoms with van der Waals surface area (Å²) in [6.45, 7) is 3.18. The Labute approximate surface area is 131 Å². The standard InChI is InChI=1S/C19H21N3/c1-21-12-10-18-17(14-21)16-8-5-11-20-19(16)22(18)13-9-15-6-3-2-4-7-15/h2-8,11H,9-10,12-14H2,1H3. The maximum Gasteiger partial charge on any atom is 0.140 e. The lowest BCUT2D eigenvalue weighted by Gasteiger charge is -2.24. The highest BCUT2D eigenvalue weighted by atomic mass is 15.1. The van der Waals surface area contributed by atoms with Gasteiger partial charge in [-0.25, -0.2) is 4.98 Å². The molecular weight excluding hydrogens is 270 g/mol. The summed E-state index contributed by atoms with van der Waals surface area (Å²) in [7, 11) is 2.20. The Kier molecular flexibility index (Phi) is 3.43. The van der Waals surface area contributed by atoms with E-state index < -0.39 is 0 Å². The molecule has 0 fully saturated rings. The Morgan fingerprint density at radius 3 is 2.82 bits per heavy atom. The molecule has 3 heteroatoms. The van der Waals surface area contributed by atoms with Gasteiger partial charge in [0.15, 0.2) is 0 Å². The molecule has 0 saturated heterocycles. The molecule has 112 valence electrons. The van der Waals surface area contributed by atoms with Crippen LogP contribution in [0.4, 0.5) is 0 Å². The van der Waals surface area contributed by atoms with Gasteiger partial charge in [0, 0.05) is 43.3 Å². The molecule has 3 aromatic rings. The van der Waals surface area contributed by atoms with Crippen molar-refractivity contribution in [2.24, 2.45) is 0 Å². The summed E-state index contributed by atoms with van der Waals surface area (Å²) >= 11 is 0. The third-order valence-electron chi connectivity index (χ3n) is 4.67. The first-order valence-electron chi connectivity index (χ1n) is 8.00. The molecule has 2 aromatic heterocycles. The highest BCUT2D eigenvalue weighted by molar-refractivity contribution is 5.82. The monoisotopic (exact) mass is 291 g/mol. The average Bonchev–Trinajstić information content (AvgIpc) is 2.87. The first-order valence-corrected chi connectivity index (χ1v) is 8.00. The van der Waals surface area contributed by atoms with Gasteiger partial charge in [-0.15, -0.1) is 0 Å². The van der Waals surface area contributed by atoms with Gasteiger partial charge >= 0.3 is 0 Å². The lowest BCUT2D eigenvalue weighted by molar-refractivity contribution is 0.309. The van der Waals surface area contributed by atoms with Gasteiger partial charge < -0.3 is 9.47 Å². The molecule has 0 amide bonds. The number of aryl methyl sites for hydroxylation is 2. The molecule has 0 atom stereocenters. The zero-order valence-electron chi connectivity index (χ0n) is 13.0. The fourth-order valence-electron chi connectivity index (χ4n) is 3.53. The van der Waals surface area contributed by atoms with Gasteiger partial charge in [0.25, 0.3) is 0 Å². The van der Waals surface area contributed by atoms with Crippen molar-refractivity contribution in [2.45, 2.75) is 25.9 Å². The molecular formula is C19H21N3. The second kappa shape index (κ2) is 5.58. The third-order valence-corrected chi connectivity index (χ3v) is 4.67. The molecule has 0 radical (unpaired) electrons. The van der Waals surface area contributed by atoms with Crippen LogP contribution in [0.3, 0.4) is 0 Å². The predicted molar refractivity (Wildman–Crippen MR) is 89.9 cm³/mol. The van der Waals surface area contributed by atoms with Crippen molar-refractivity contribution in [2.75, 3.05) is 13.6 Å². The third kappa shape index (κ3) is 2.32. The summed E-state index contributed by atoms with van der Waals surface area (Å²) in [5.41, 5.74) is 5.51. The molecule has 1 aliphatic rings. The van der Waals surface area contributed by atoms with Crippen LogP contribution in [0.15, 0.2) is 48.7 Å². The zero-order valence-corrected chi connectivity index (χ0v) is 13.0. The van der Waals surface area contributed by atoms with Crippen molar-refractivity contribution >= 4 is 11.0 Å². The molecule has 3 nitrogen and oxygen atoms in total. The smallest absolute Gasteiger partial charge is 0.140 e. The highest BCUT2D eigenvalue weighted by Gasteiger charge is 2.22. The van der Waals surface area contributed by atoms with Crippen molar-refractivity contribution in [3.63, 3.8) is 0 Å². The van der Waals surface area contributed by atoms with Gasteiger partial charge in [-0.3, -0.25) is 0 Å². The van der Waals surface area contributed by atoms with Crippen molar-refractivity contribution in [3.05, 3.63) is 65.5 Å². The fourth-order valence-corrected chi connectivity index (χ4v) is 3.53. The van der Waals surface area contributed by atoms with E-state index in [-0.39, 0.29) is 0 Å². The maximum absolute atomic E-state index is 4.67. The van der Waals surface area contributed by atoms with Gasteiger partial charge in [0.1, 0.15) is 5.65 Å². The number of hydrogen-bond acceptors (Lipinski definition) is 2. The minimum absolute atomic E-state index is 1.01. The largest absolute Gasteiger partial charge is 0.329 e. The van der Waals surface area contributed by atoms with E-state index in [2.05, 4.69) is 64.0 Å². The van der Waals surface area contributed by atoms with Gasteiger partial charge in [0.2, 0.25) is 0 Å². The molecule has 0 bridgehead atoms. The number of hydrogen-bond donors (Lipinski definition) is 0. The van der Waals surface area contributed by atoms with Crippen molar-refractivity contribution < 1.29 is 0 Å². The van der Waals surface area contributed by atoms with Gasteiger partial charge in [-0.1, -0.05) is 30.3 Å². The maximum atomic E-state index is 4.67. The summed E-state index contributed by atoms with van der Waals surface area (Å²) in [6, 6.07) is 15.0. The molecule has 0 unspecified atom stereocenters. The van der Waals surface area contributed by atoms with Crippen LogP contribution >= 0.6 is 0 Å². The first-order chi connectivity index (χ1) is 10.8. The summed E-state index contributed by atoms with van der Waals surface area (Å²) in [5, 5.41) is 1.33. The van der Waals surface area contributed by atoms with Crippen LogP contribution in [0.1, 0.15) is 16.8 Å². The van der Waals surface area contributed by atoms with Crippen LogP contribution in [0.5, 0.6) is 0 Å².